The second kappa shape index (κ2) is 10.3. The maximum Gasteiger partial charge on any atom is 0.344 e. The number of amides is 1. The third kappa shape index (κ3) is 5.12. The van der Waals surface area contributed by atoms with Crippen molar-refractivity contribution in [2.45, 2.75) is 26.2 Å². The fourth-order valence-corrected chi connectivity index (χ4v) is 3.70. The van der Waals surface area contributed by atoms with Crippen molar-refractivity contribution in [2.24, 2.45) is 0 Å². The number of para-hydroxylation sites is 1. The number of carbonyl (C=O) groups is 1. The number of methoxy groups -OCH3 is 1. The first-order valence-electron chi connectivity index (χ1n) is 11.2. The molecule has 0 radical (unpaired) electrons. The lowest BCUT2D eigenvalue weighted by Crippen LogP contribution is -2.20. The van der Waals surface area contributed by atoms with E-state index in [1.54, 1.807) is 30.3 Å². The van der Waals surface area contributed by atoms with Crippen molar-refractivity contribution in [3.8, 4) is 22.6 Å². The average molecular weight is 458 g/mol. The van der Waals surface area contributed by atoms with E-state index in [2.05, 4.69) is 19.2 Å². The summed E-state index contributed by atoms with van der Waals surface area (Å²) < 4.78 is 16.5. The average Bonchev–Trinajstić information content (AvgIpc) is 2.87. The monoisotopic (exact) mass is 457 g/mol. The van der Waals surface area contributed by atoms with Crippen LogP contribution in [-0.2, 0) is 4.79 Å². The molecule has 34 heavy (non-hydrogen) atoms. The second-order valence-corrected chi connectivity index (χ2v) is 8.12. The predicted molar refractivity (Wildman–Crippen MR) is 134 cm³/mol. The van der Waals surface area contributed by atoms with Crippen molar-refractivity contribution in [2.75, 3.05) is 19.0 Å². The van der Waals surface area contributed by atoms with Crippen LogP contribution in [0.1, 0.15) is 31.7 Å². The Morgan fingerprint density at radius 3 is 2.53 bits per heavy atom. The standard InChI is InChI=1S/C28H27NO5/c1-4-18(2)19-9-12-22(13-10-19)33-17-27(30)29-24-16-20(11-14-26(24)32-3)23-15-21-7-5-6-8-25(21)34-28(23)31/h5-16,18H,4,17H2,1-3H3,(H,29,30). The van der Waals surface area contributed by atoms with Gasteiger partial charge in [0, 0.05) is 5.39 Å². The van der Waals surface area contributed by atoms with Crippen LogP contribution in [0.15, 0.2) is 82.0 Å². The van der Waals surface area contributed by atoms with Crippen molar-refractivity contribution in [1.82, 2.24) is 0 Å². The van der Waals surface area contributed by atoms with E-state index in [9.17, 15) is 9.59 Å². The zero-order valence-electron chi connectivity index (χ0n) is 19.5. The number of ether oxygens (including phenoxy) is 2. The van der Waals surface area contributed by atoms with E-state index in [0.717, 1.165) is 11.8 Å². The van der Waals surface area contributed by atoms with Crippen LogP contribution in [0.4, 0.5) is 5.69 Å². The van der Waals surface area contributed by atoms with E-state index in [1.165, 1.54) is 12.7 Å². The van der Waals surface area contributed by atoms with Crippen LogP contribution in [0.5, 0.6) is 11.5 Å². The molecule has 4 rings (SSSR count). The molecule has 3 aromatic carbocycles. The van der Waals surface area contributed by atoms with Crippen LogP contribution >= 0.6 is 0 Å². The second-order valence-electron chi connectivity index (χ2n) is 8.12. The van der Waals surface area contributed by atoms with Crippen LogP contribution in [-0.4, -0.2) is 19.6 Å². The van der Waals surface area contributed by atoms with Crippen molar-refractivity contribution >= 4 is 22.6 Å². The molecule has 0 bridgehead atoms. The van der Waals surface area contributed by atoms with Crippen molar-refractivity contribution in [3.05, 3.63) is 88.8 Å². The van der Waals surface area contributed by atoms with Gasteiger partial charge in [0.05, 0.1) is 18.4 Å². The Labute approximate surface area is 198 Å². The van der Waals surface area contributed by atoms with Gasteiger partial charge < -0.3 is 19.2 Å². The quantitative estimate of drug-likeness (QED) is 0.328. The molecular formula is C28H27NO5. The van der Waals surface area contributed by atoms with Gasteiger partial charge in [-0.05, 0) is 59.9 Å². The Bertz CT molecular complexity index is 1360. The number of rotatable bonds is 8. The number of fused-ring (bicyclic) bond motifs is 1. The summed E-state index contributed by atoms with van der Waals surface area (Å²) in [5.74, 6) is 1.23. The third-order valence-corrected chi connectivity index (χ3v) is 5.86. The number of carbonyl (C=O) groups excluding carboxylic acids is 1. The molecule has 1 heterocycles. The minimum absolute atomic E-state index is 0.159. The fraction of sp³-hybridized carbons (Fsp3) is 0.214. The minimum atomic E-state index is -0.453. The molecule has 1 aromatic heterocycles. The van der Waals surface area contributed by atoms with Crippen LogP contribution in [0, 0.1) is 0 Å². The van der Waals surface area contributed by atoms with Gasteiger partial charge in [-0.15, -0.1) is 0 Å². The van der Waals surface area contributed by atoms with Gasteiger partial charge >= 0.3 is 5.63 Å². The first-order valence-corrected chi connectivity index (χ1v) is 11.2. The smallest absolute Gasteiger partial charge is 0.344 e. The van der Waals surface area contributed by atoms with E-state index in [1.807, 2.05) is 42.5 Å². The summed E-state index contributed by atoms with van der Waals surface area (Å²) in [6, 6.07) is 22.0. The summed E-state index contributed by atoms with van der Waals surface area (Å²) >= 11 is 0. The zero-order valence-corrected chi connectivity index (χ0v) is 19.5. The summed E-state index contributed by atoms with van der Waals surface area (Å²) in [5, 5.41) is 3.63. The van der Waals surface area contributed by atoms with E-state index in [0.29, 0.717) is 39.8 Å². The maximum atomic E-state index is 12.6. The van der Waals surface area contributed by atoms with Crippen LogP contribution in [0.2, 0.25) is 0 Å². The molecule has 0 saturated carbocycles. The molecular weight excluding hydrogens is 430 g/mol. The van der Waals surface area contributed by atoms with Gasteiger partial charge in [0.25, 0.3) is 5.91 Å². The summed E-state index contributed by atoms with van der Waals surface area (Å²) in [6.45, 7) is 4.16. The van der Waals surface area contributed by atoms with Crippen LogP contribution in [0.25, 0.3) is 22.1 Å². The number of hydrogen-bond acceptors (Lipinski definition) is 5. The van der Waals surface area contributed by atoms with Gasteiger partial charge in [-0.25, -0.2) is 4.79 Å². The lowest BCUT2D eigenvalue weighted by atomic mass is 9.99. The topological polar surface area (TPSA) is 77.8 Å². The van der Waals surface area contributed by atoms with Crippen molar-refractivity contribution in [3.63, 3.8) is 0 Å². The van der Waals surface area contributed by atoms with Gasteiger partial charge in [0.15, 0.2) is 6.61 Å². The summed E-state index contributed by atoms with van der Waals surface area (Å²) in [6.07, 6.45) is 1.06. The maximum absolute atomic E-state index is 12.6. The zero-order chi connectivity index (χ0) is 24.1. The molecule has 1 amide bonds. The fourth-order valence-electron chi connectivity index (χ4n) is 3.70. The number of anilines is 1. The highest BCUT2D eigenvalue weighted by Gasteiger charge is 2.14. The Morgan fingerprint density at radius 1 is 1.03 bits per heavy atom. The van der Waals surface area contributed by atoms with Crippen LogP contribution < -0.4 is 20.4 Å². The molecule has 0 aliphatic heterocycles. The molecule has 0 spiro atoms. The largest absolute Gasteiger partial charge is 0.495 e. The lowest BCUT2D eigenvalue weighted by Gasteiger charge is -2.13. The highest BCUT2D eigenvalue weighted by atomic mass is 16.5. The van der Waals surface area contributed by atoms with Gasteiger partial charge in [0.2, 0.25) is 0 Å². The summed E-state index contributed by atoms with van der Waals surface area (Å²) in [5.41, 5.74) is 2.75. The number of benzene rings is 3. The van der Waals surface area contributed by atoms with Gasteiger partial charge in [-0.2, -0.15) is 0 Å². The van der Waals surface area contributed by atoms with E-state index < -0.39 is 5.63 Å². The Balaban J connectivity index is 1.51. The van der Waals surface area contributed by atoms with E-state index in [-0.39, 0.29) is 12.5 Å². The molecule has 4 aromatic rings. The molecule has 1 N–H and O–H groups in total. The van der Waals surface area contributed by atoms with E-state index >= 15 is 0 Å². The lowest BCUT2D eigenvalue weighted by molar-refractivity contribution is -0.118. The molecule has 1 atom stereocenters. The SMILES string of the molecule is CCC(C)c1ccc(OCC(=O)Nc2cc(-c3cc4ccccc4oc3=O)ccc2OC)cc1. The predicted octanol–water partition coefficient (Wildman–Crippen LogP) is 6.00. The molecule has 0 aliphatic rings. The minimum Gasteiger partial charge on any atom is -0.495 e. The number of nitrogens with one attached hydrogen (secondary N) is 1. The normalized spacial score (nSPS) is 11.7. The van der Waals surface area contributed by atoms with Gasteiger partial charge in [-0.1, -0.05) is 50.2 Å². The summed E-state index contributed by atoms with van der Waals surface area (Å²) in [7, 11) is 1.52. The van der Waals surface area contributed by atoms with E-state index in [4.69, 9.17) is 13.9 Å². The highest BCUT2D eigenvalue weighted by Crippen LogP contribution is 2.30. The Hall–Kier alpha value is -4.06. The molecule has 0 saturated heterocycles. The van der Waals surface area contributed by atoms with Crippen molar-refractivity contribution < 1.29 is 18.7 Å². The van der Waals surface area contributed by atoms with Crippen molar-refractivity contribution in [1.29, 1.82) is 0 Å². The van der Waals surface area contributed by atoms with Gasteiger partial charge in [0.1, 0.15) is 17.1 Å². The van der Waals surface area contributed by atoms with Gasteiger partial charge in [-0.3, -0.25) is 4.79 Å². The number of hydrogen-bond donors (Lipinski definition) is 1. The molecule has 174 valence electrons. The molecule has 6 nitrogen and oxygen atoms in total. The molecule has 0 fully saturated rings. The summed E-state index contributed by atoms with van der Waals surface area (Å²) in [4.78, 5) is 25.2. The third-order valence-electron chi connectivity index (χ3n) is 5.86. The first kappa shape index (κ1) is 23.1. The Kier molecular flexibility index (Phi) is 6.97. The first-order chi connectivity index (χ1) is 16.5. The van der Waals surface area contributed by atoms with Crippen LogP contribution in [0.3, 0.4) is 0 Å². The highest BCUT2D eigenvalue weighted by molar-refractivity contribution is 5.94. The Morgan fingerprint density at radius 2 is 1.79 bits per heavy atom. The molecule has 6 heteroatoms. The molecule has 1 unspecified atom stereocenters. The molecule has 0 aliphatic carbocycles.